The second kappa shape index (κ2) is 6.56. The van der Waals surface area contributed by atoms with Crippen LogP contribution in [-0.4, -0.2) is 51.5 Å². The van der Waals surface area contributed by atoms with E-state index in [1.807, 2.05) is 15.8 Å². The highest BCUT2D eigenvalue weighted by Gasteiger charge is 2.28. The molecule has 1 aromatic rings. The van der Waals surface area contributed by atoms with Crippen molar-refractivity contribution in [2.24, 2.45) is 0 Å². The summed E-state index contributed by atoms with van der Waals surface area (Å²) >= 11 is 0. The minimum atomic E-state index is 0.0572. The second-order valence-corrected chi connectivity index (χ2v) is 6.12. The molecule has 6 heteroatoms. The SMILES string of the molecule is CCC1CCCCN1C(=O)c1cn(C2CCNCC2)nn1. The summed E-state index contributed by atoms with van der Waals surface area (Å²) in [6.45, 7) is 5.04. The maximum Gasteiger partial charge on any atom is 0.276 e. The van der Waals surface area contributed by atoms with E-state index in [0.717, 1.165) is 51.7 Å². The molecular formula is C15H25N5O. The number of carbonyl (C=O) groups excluding carboxylic acids is 1. The molecule has 2 fully saturated rings. The molecule has 0 radical (unpaired) electrons. The van der Waals surface area contributed by atoms with Crippen LogP contribution in [0.4, 0.5) is 0 Å². The van der Waals surface area contributed by atoms with Crippen molar-refractivity contribution in [1.82, 2.24) is 25.2 Å². The van der Waals surface area contributed by atoms with Gasteiger partial charge in [-0.05, 0) is 51.6 Å². The Balaban J connectivity index is 1.71. The van der Waals surface area contributed by atoms with E-state index in [-0.39, 0.29) is 5.91 Å². The van der Waals surface area contributed by atoms with Gasteiger partial charge >= 0.3 is 0 Å². The highest BCUT2D eigenvalue weighted by molar-refractivity contribution is 5.92. The average Bonchev–Trinajstić information content (AvgIpc) is 3.05. The minimum Gasteiger partial charge on any atom is -0.334 e. The number of amides is 1. The fraction of sp³-hybridized carbons (Fsp3) is 0.800. The maximum absolute atomic E-state index is 12.7. The molecule has 3 rings (SSSR count). The van der Waals surface area contributed by atoms with Gasteiger partial charge in [0.1, 0.15) is 0 Å². The molecule has 1 atom stereocenters. The number of nitrogens with zero attached hydrogens (tertiary/aromatic N) is 4. The van der Waals surface area contributed by atoms with Gasteiger partial charge in [0.2, 0.25) is 0 Å². The Morgan fingerprint density at radius 2 is 2.14 bits per heavy atom. The smallest absolute Gasteiger partial charge is 0.276 e. The Labute approximate surface area is 125 Å². The standard InChI is InChI=1S/C15H25N5O/c1-2-12-5-3-4-10-19(12)15(21)14-11-20(18-17-14)13-6-8-16-9-7-13/h11-13,16H,2-10H2,1H3. The lowest BCUT2D eigenvalue weighted by atomic mass is 10.00. The van der Waals surface area contributed by atoms with Gasteiger partial charge in [0.25, 0.3) is 5.91 Å². The van der Waals surface area contributed by atoms with Crippen LogP contribution in [0.1, 0.15) is 62.0 Å². The average molecular weight is 291 g/mol. The summed E-state index contributed by atoms with van der Waals surface area (Å²) in [5.74, 6) is 0.0572. The van der Waals surface area contributed by atoms with E-state index in [1.165, 1.54) is 6.42 Å². The lowest BCUT2D eigenvalue weighted by Crippen LogP contribution is -2.43. The zero-order chi connectivity index (χ0) is 14.7. The Morgan fingerprint density at radius 3 is 2.90 bits per heavy atom. The van der Waals surface area contributed by atoms with Crippen LogP contribution in [0.3, 0.4) is 0 Å². The molecule has 0 spiro atoms. The monoisotopic (exact) mass is 291 g/mol. The Morgan fingerprint density at radius 1 is 1.33 bits per heavy atom. The van der Waals surface area contributed by atoms with Gasteiger partial charge in [0.15, 0.2) is 5.69 Å². The van der Waals surface area contributed by atoms with Gasteiger partial charge in [-0.25, -0.2) is 4.68 Å². The Bertz CT molecular complexity index is 480. The third-order valence-corrected chi connectivity index (χ3v) is 4.77. The predicted octanol–water partition coefficient (Wildman–Crippen LogP) is 1.61. The van der Waals surface area contributed by atoms with Crippen LogP contribution in [0.15, 0.2) is 6.20 Å². The molecular weight excluding hydrogens is 266 g/mol. The first-order valence-corrected chi connectivity index (χ1v) is 8.23. The molecule has 6 nitrogen and oxygen atoms in total. The van der Waals surface area contributed by atoms with E-state index in [9.17, 15) is 4.79 Å². The largest absolute Gasteiger partial charge is 0.334 e. The van der Waals surface area contributed by atoms with Crippen molar-refractivity contribution in [2.45, 2.75) is 57.5 Å². The van der Waals surface area contributed by atoms with Crippen LogP contribution in [-0.2, 0) is 0 Å². The van der Waals surface area contributed by atoms with Crippen molar-refractivity contribution >= 4 is 5.91 Å². The van der Waals surface area contributed by atoms with Crippen LogP contribution < -0.4 is 5.32 Å². The molecule has 0 bridgehead atoms. The molecule has 2 saturated heterocycles. The molecule has 21 heavy (non-hydrogen) atoms. The molecule has 0 saturated carbocycles. The van der Waals surface area contributed by atoms with Crippen LogP contribution in [0.5, 0.6) is 0 Å². The fourth-order valence-corrected chi connectivity index (χ4v) is 3.46. The number of rotatable bonds is 3. The van der Waals surface area contributed by atoms with E-state index >= 15 is 0 Å². The van der Waals surface area contributed by atoms with E-state index in [2.05, 4.69) is 22.6 Å². The van der Waals surface area contributed by atoms with Gasteiger partial charge in [0, 0.05) is 12.6 Å². The molecule has 2 aliphatic rings. The first-order valence-electron chi connectivity index (χ1n) is 8.23. The van der Waals surface area contributed by atoms with Crippen LogP contribution in [0.25, 0.3) is 0 Å². The van der Waals surface area contributed by atoms with Crippen molar-refractivity contribution in [2.75, 3.05) is 19.6 Å². The molecule has 3 heterocycles. The summed E-state index contributed by atoms with van der Waals surface area (Å²) in [5, 5.41) is 11.7. The van der Waals surface area contributed by atoms with E-state index in [4.69, 9.17) is 0 Å². The summed E-state index contributed by atoms with van der Waals surface area (Å²) in [5.41, 5.74) is 0.508. The molecule has 1 N–H and O–H groups in total. The highest BCUT2D eigenvalue weighted by atomic mass is 16.2. The number of piperidine rings is 2. The zero-order valence-corrected chi connectivity index (χ0v) is 12.8. The van der Waals surface area contributed by atoms with Crippen molar-refractivity contribution in [3.8, 4) is 0 Å². The van der Waals surface area contributed by atoms with E-state index in [0.29, 0.717) is 17.8 Å². The topological polar surface area (TPSA) is 63.1 Å². The van der Waals surface area contributed by atoms with Gasteiger partial charge in [-0.1, -0.05) is 12.1 Å². The van der Waals surface area contributed by atoms with Gasteiger partial charge in [0.05, 0.1) is 12.2 Å². The van der Waals surface area contributed by atoms with Crippen molar-refractivity contribution in [3.05, 3.63) is 11.9 Å². The first-order chi connectivity index (χ1) is 10.3. The van der Waals surface area contributed by atoms with Crippen LogP contribution in [0.2, 0.25) is 0 Å². The van der Waals surface area contributed by atoms with Gasteiger partial charge in [-0.3, -0.25) is 4.79 Å². The van der Waals surface area contributed by atoms with E-state index in [1.54, 1.807) is 0 Å². The number of hydrogen-bond donors (Lipinski definition) is 1. The van der Waals surface area contributed by atoms with Crippen LogP contribution in [0, 0.1) is 0 Å². The van der Waals surface area contributed by atoms with Gasteiger partial charge < -0.3 is 10.2 Å². The van der Waals surface area contributed by atoms with Crippen molar-refractivity contribution in [3.63, 3.8) is 0 Å². The summed E-state index contributed by atoms with van der Waals surface area (Å²) in [4.78, 5) is 14.7. The molecule has 2 aliphatic heterocycles. The summed E-state index contributed by atoms with van der Waals surface area (Å²) < 4.78 is 1.89. The first kappa shape index (κ1) is 14.5. The normalized spacial score (nSPS) is 24.2. The van der Waals surface area contributed by atoms with Crippen molar-refractivity contribution < 1.29 is 4.79 Å². The second-order valence-electron chi connectivity index (χ2n) is 6.12. The number of nitrogens with one attached hydrogen (secondary N) is 1. The van der Waals surface area contributed by atoms with E-state index < -0.39 is 0 Å². The lowest BCUT2D eigenvalue weighted by molar-refractivity contribution is 0.0602. The summed E-state index contributed by atoms with van der Waals surface area (Å²) in [6.07, 6.45) is 8.42. The molecule has 1 aromatic heterocycles. The molecule has 0 aromatic carbocycles. The fourth-order valence-electron chi connectivity index (χ4n) is 3.46. The number of hydrogen-bond acceptors (Lipinski definition) is 4. The quantitative estimate of drug-likeness (QED) is 0.919. The lowest BCUT2D eigenvalue weighted by Gasteiger charge is -2.34. The summed E-state index contributed by atoms with van der Waals surface area (Å²) in [6, 6.07) is 0.749. The molecule has 0 aliphatic carbocycles. The minimum absolute atomic E-state index is 0.0572. The van der Waals surface area contributed by atoms with Crippen LogP contribution >= 0.6 is 0 Å². The number of carbonyl (C=O) groups is 1. The third kappa shape index (κ3) is 3.10. The Hall–Kier alpha value is -1.43. The number of likely N-dealkylation sites (tertiary alicyclic amines) is 1. The molecule has 116 valence electrons. The molecule has 1 amide bonds. The third-order valence-electron chi connectivity index (χ3n) is 4.77. The highest BCUT2D eigenvalue weighted by Crippen LogP contribution is 2.22. The molecule has 1 unspecified atom stereocenters. The zero-order valence-electron chi connectivity index (χ0n) is 12.8. The van der Waals surface area contributed by atoms with Gasteiger partial charge in [-0.2, -0.15) is 0 Å². The predicted molar refractivity (Wildman–Crippen MR) is 80.1 cm³/mol. The Kier molecular flexibility index (Phi) is 4.53. The number of aromatic nitrogens is 3. The van der Waals surface area contributed by atoms with Crippen molar-refractivity contribution in [1.29, 1.82) is 0 Å². The maximum atomic E-state index is 12.7. The summed E-state index contributed by atoms with van der Waals surface area (Å²) in [7, 11) is 0. The van der Waals surface area contributed by atoms with Gasteiger partial charge in [-0.15, -0.1) is 5.10 Å².